The van der Waals surface area contributed by atoms with E-state index in [0.29, 0.717) is 17.2 Å². The number of rotatable bonds is 8. The number of carbonyl (C=O) groups excluding carboxylic acids is 1. The standard InChI is InChI=1S/C17H20N2O6S/c1-24-13-5-3-12(4-6-13)18-17(21)16(11-20)19-26(22,23)15-9-7-14(25-2)8-10-15/h3-10,16,19-20H,11H2,1-2H3,(H,18,21). The van der Waals surface area contributed by atoms with Crippen LogP contribution in [0.5, 0.6) is 11.5 Å². The number of aliphatic hydroxyl groups excluding tert-OH is 1. The summed E-state index contributed by atoms with van der Waals surface area (Å²) in [5.74, 6) is 0.427. The molecule has 0 aliphatic heterocycles. The van der Waals surface area contributed by atoms with Gasteiger partial charge in [-0.15, -0.1) is 0 Å². The molecule has 1 atom stereocenters. The van der Waals surface area contributed by atoms with Gasteiger partial charge in [-0.3, -0.25) is 4.79 Å². The monoisotopic (exact) mass is 380 g/mol. The van der Waals surface area contributed by atoms with E-state index in [2.05, 4.69) is 10.0 Å². The molecule has 0 aromatic heterocycles. The summed E-state index contributed by atoms with van der Waals surface area (Å²) < 4.78 is 36.9. The average molecular weight is 380 g/mol. The van der Waals surface area contributed by atoms with Crippen molar-refractivity contribution in [3.05, 3.63) is 48.5 Å². The number of nitrogens with one attached hydrogen (secondary N) is 2. The fraction of sp³-hybridized carbons (Fsp3) is 0.235. The van der Waals surface area contributed by atoms with Crippen LogP contribution in [0.4, 0.5) is 5.69 Å². The van der Waals surface area contributed by atoms with E-state index >= 15 is 0 Å². The second kappa shape index (κ2) is 8.65. The molecule has 140 valence electrons. The molecule has 1 unspecified atom stereocenters. The van der Waals surface area contributed by atoms with Crippen molar-refractivity contribution >= 4 is 21.6 Å². The van der Waals surface area contributed by atoms with Gasteiger partial charge in [-0.05, 0) is 48.5 Å². The number of anilines is 1. The Hall–Kier alpha value is -2.62. The highest BCUT2D eigenvalue weighted by atomic mass is 32.2. The average Bonchev–Trinajstić information content (AvgIpc) is 2.66. The first kappa shape index (κ1) is 19.7. The zero-order chi connectivity index (χ0) is 19.2. The van der Waals surface area contributed by atoms with Crippen molar-refractivity contribution in [3.8, 4) is 11.5 Å². The Balaban J connectivity index is 2.09. The summed E-state index contributed by atoms with van der Waals surface area (Å²) in [7, 11) is -1.01. The number of sulfonamides is 1. The van der Waals surface area contributed by atoms with Gasteiger partial charge in [0.25, 0.3) is 0 Å². The highest BCUT2D eigenvalue weighted by Crippen LogP contribution is 2.17. The number of hydrogen-bond donors (Lipinski definition) is 3. The van der Waals surface area contributed by atoms with Crippen molar-refractivity contribution in [3.63, 3.8) is 0 Å². The lowest BCUT2D eigenvalue weighted by molar-refractivity contribution is -0.118. The third-order valence-electron chi connectivity index (χ3n) is 3.52. The molecular weight excluding hydrogens is 360 g/mol. The third kappa shape index (κ3) is 4.94. The van der Waals surface area contributed by atoms with Crippen molar-refractivity contribution in [1.82, 2.24) is 4.72 Å². The predicted molar refractivity (Wildman–Crippen MR) is 95.8 cm³/mol. The van der Waals surface area contributed by atoms with Gasteiger partial charge in [0.05, 0.1) is 25.7 Å². The maximum absolute atomic E-state index is 12.4. The molecule has 0 radical (unpaired) electrons. The minimum atomic E-state index is -3.99. The van der Waals surface area contributed by atoms with Crippen LogP contribution in [-0.4, -0.2) is 46.3 Å². The Morgan fingerprint density at radius 1 is 1.00 bits per heavy atom. The van der Waals surface area contributed by atoms with E-state index in [9.17, 15) is 18.3 Å². The molecule has 8 nitrogen and oxygen atoms in total. The Bertz CT molecular complexity index is 835. The molecule has 0 spiro atoms. The Kier molecular flexibility index (Phi) is 6.56. The Labute approximate surface area is 151 Å². The van der Waals surface area contributed by atoms with Crippen LogP contribution < -0.4 is 19.5 Å². The highest BCUT2D eigenvalue weighted by molar-refractivity contribution is 7.89. The Morgan fingerprint density at radius 2 is 1.50 bits per heavy atom. The number of methoxy groups -OCH3 is 2. The molecule has 0 aliphatic carbocycles. The summed E-state index contributed by atoms with van der Waals surface area (Å²) in [5.41, 5.74) is 0.442. The van der Waals surface area contributed by atoms with Crippen LogP contribution in [0.2, 0.25) is 0 Å². The number of amides is 1. The van der Waals surface area contributed by atoms with E-state index in [1.807, 2.05) is 0 Å². The smallest absolute Gasteiger partial charge is 0.244 e. The summed E-state index contributed by atoms with van der Waals surface area (Å²) >= 11 is 0. The first-order valence-electron chi connectivity index (χ1n) is 7.62. The zero-order valence-corrected chi connectivity index (χ0v) is 15.1. The van der Waals surface area contributed by atoms with Gasteiger partial charge in [-0.2, -0.15) is 4.72 Å². The van der Waals surface area contributed by atoms with E-state index in [0.717, 1.165) is 0 Å². The van der Waals surface area contributed by atoms with Crippen LogP contribution >= 0.6 is 0 Å². The molecule has 1 amide bonds. The van der Waals surface area contributed by atoms with E-state index in [-0.39, 0.29) is 4.90 Å². The molecule has 2 rings (SSSR count). The molecule has 2 aromatic rings. The van der Waals surface area contributed by atoms with Crippen LogP contribution in [0.3, 0.4) is 0 Å². The van der Waals surface area contributed by atoms with Crippen molar-refractivity contribution in [2.45, 2.75) is 10.9 Å². The third-order valence-corrected chi connectivity index (χ3v) is 5.01. The summed E-state index contributed by atoms with van der Waals surface area (Å²) in [5, 5.41) is 12.0. The predicted octanol–water partition coefficient (Wildman–Crippen LogP) is 0.982. The van der Waals surface area contributed by atoms with Gasteiger partial charge in [-0.25, -0.2) is 8.42 Å². The van der Waals surface area contributed by atoms with Crippen LogP contribution in [0.1, 0.15) is 0 Å². The van der Waals surface area contributed by atoms with Crippen molar-refractivity contribution in [1.29, 1.82) is 0 Å². The molecule has 9 heteroatoms. The van der Waals surface area contributed by atoms with Gasteiger partial charge >= 0.3 is 0 Å². The first-order valence-corrected chi connectivity index (χ1v) is 9.10. The second-order valence-corrected chi connectivity index (χ2v) is 6.96. The number of hydrogen-bond acceptors (Lipinski definition) is 6. The van der Waals surface area contributed by atoms with Gasteiger partial charge in [0.15, 0.2) is 0 Å². The molecule has 0 saturated heterocycles. The van der Waals surface area contributed by atoms with Crippen LogP contribution in [0, 0.1) is 0 Å². The first-order chi connectivity index (χ1) is 12.4. The normalized spacial score (nSPS) is 12.3. The van der Waals surface area contributed by atoms with Gasteiger partial charge in [-0.1, -0.05) is 0 Å². The van der Waals surface area contributed by atoms with Crippen LogP contribution in [0.15, 0.2) is 53.4 Å². The van der Waals surface area contributed by atoms with Crippen LogP contribution in [0.25, 0.3) is 0 Å². The summed E-state index contributed by atoms with van der Waals surface area (Å²) in [6, 6.07) is 10.8. The SMILES string of the molecule is COc1ccc(NC(=O)C(CO)NS(=O)(=O)c2ccc(OC)cc2)cc1. The minimum Gasteiger partial charge on any atom is -0.497 e. The van der Waals surface area contributed by atoms with Gasteiger partial charge < -0.3 is 19.9 Å². The summed E-state index contributed by atoms with van der Waals surface area (Å²) in [4.78, 5) is 12.2. The number of aliphatic hydroxyl groups is 1. The fourth-order valence-corrected chi connectivity index (χ4v) is 3.27. The van der Waals surface area contributed by atoms with E-state index in [4.69, 9.17) is 9.47 Å². The number of ether oxygens (including phenoxy) is 2. The maximum Gasteiger partial charge on any atom is 0.244 e. The van der Waals surface area contributed by atoms with Crippen molar-refractivity contribution in [2.75, 3.05) is 26.1 Å². The van der Waals surface area contributed by atoms with Gasteiger partial charge in [0.1, 0.15) is 17.5 Å². The molecule has 0 saturated carbocycles. The quantitative estimate of drug-likeness (QED) is 0.629. The molecule has 26 heavy (non-hydrogen) atoms. The van der Waals surface area contributed by atoms with Gasteiger partial charge in [0, 0.05) is 5.69 Å². The Morgan fingerprint density at radius 3 is 1.96 bits per heavy atom. The van der Waals surface area contributed by atoms with Crippen LogP contribution in [-0.2, 0) is 14.8 Å². The summed E-state index contributed by atoms with van der Waals surface area (Å²) in [6.07, 6.45) is 0. The number of benzene rings is 2. The van der Waals surface area contributed by atoms with Gasteiger partial charge in [0.2, 0.25) is 15.9 Å². The summed E-state index contributed by atoms with van der Waals surface area (Å²) in [6.45, 7) is -0.697. The lowest BCUT2D eigenvalue weighted by atomic mass is 10.2. The molecule has 0 bridgehead atoms. The molecule has 0 fully saturated rings. The molecule has 3 N–H and O–H groups in total. The lowest BCUT2D eigenvalue weighted by Gasteiger charge is -2.16. The minimum absolute atomic E-state index is 0.0472. The van der Waals surface area contributed by atoms with E-state index in [1.54, 1.807) is 24.3 Å². The van der Waals surface area contributed by atoms with E-state index < -0.39 is 28.6 Å². The molecular formula is C17H20N2O6S. The molecule has 0 aliphatic rings. The lowest BCUT2D eigenvalue weighted by Crippen LogP contribution is -2.46. The topological polar surface area (TPSA) is 114 Å². The zero-order valence-electron chi connectivity index (χ0n) is 14.3. The second-order valence-electron chi connectivity index (χ2n) is 5.25. The molecule has 0 heterocycles. The highest BCUT2D eigenvalue weighted by Gasteiger charge is 2.25. The largest absolute Gasteiger partial charge is 0.497 e. The maximum atomic E-state index is 12.4. The number of carbonyl (C=O) groups is 1. The molecule has 2 aromatic carbocycles. The van der Waals surface area contributed by atoms with E-state index in [1.165, 1.54) is 38.5 Å². The van der Waals surface area contributed by atoms with Crippen molar-refractivity contribution in [2.24, 2.45) is 0 Å². The fourth-order valence-electron chi connectivity index (χ4n) is 2.09. The van der Waals surface area contributed by atoms with Crippen molar-refractivity contribution < 1.29 is 27.8 Å².